The Balaban J connectivity index is 1.93. The van der Waals surface area contributed by atoms with E-state index >= 15 is 0 Å². The predicted molar refractivity (Wildman–Crippen MR) is 81.1 cm³/mol. The molecule has 4 heteroatoms. The molecule has 1 saturated heterocycles. The first kappa shape index (κ1) is 15.6. The standard InChI is InChI=1S/C17H21NO3/c1-13-10-14(4-2-8-19)12-15(11-13)17(20)18-7-6-16-5-3-9-21-16/h10-12,16,19H,3,5-9H2,1H3,(H,18,20). The van der Waals surface area contributed by atoms with Crippen LogP contribution in [0.5, 0.6) is 0 Å². The maximum Gasteiger partial charge on any atom is 0.251 e. The number of carbonyl (C=O) groups excluding carboxylic acids is 1. The van der Waals surface area contributed by atoms with E-state index in [4.69, 9.17) is 9.84 Å². The van der Waals surface area contributed by atoms with E-state index in [9.17, 15) is 4.79 Å². The molecule has 1 aliphatic heterocycles. The van der Waals surface area contributed by atoms with E-state index < -0.39 is 0 Å². The molecule has 1 amide bonds. The zero-order valence-corrected chi connectivity index (χ0v) is 12.3. The molecular weight excluding hydrogens is 266 g/mol. The minimum absolute atomic E-state index is 0.0938. The Morgan fingerprint density at radius 2 is 2.33 bits per heavy atom. The number of nitrogens with one attached hydrogen (secondary N) is 1. The number of ether oxygens (including phenoxy) is 1. The van der Waals surface area contributed by atoms with E-state index in [1.165, 1.54) is 0 Å². The van der Waals surface area contributed by atoms with Crippen LogP contribution in [0.15, 0.2) is 18.2 Å². The van der Waals surface area contributed by atoms with E-state index in [0.29, 0.717) is 12.1 Å². The lowest BCUT2D eigenvalue weighted by atomic mass is 10.1. The van der Waals surface area contributed by atoms with Gasteiger partial charge in [0.2, 0.25) is 0 Å². The first-order chi connectivity index (χ1) is 10.2. The first-order valence-corrected chi connectivity index (χ1v) is 7.30. The Kier molecular flexibility index (Phi) is 5.79. The second-order valence-electron chi connectivity index (χ2n) is 5.23. The van der Waals surface area contributed by atoms with Crippen molar-refractivity contribution in [3.05, 3.63) is 34.9 Å². The minimum atomic E-state index is -0.184. The highest BCUT2D eigenvalue weighted by Gasteiger charge is 2.15. The molecule has 0 saturated carbocycles. The van der Waals surface area contributed by atoms with Gasteiger partial charge in [-0.3, -0.25) is 4.79 Å². The molecule has 0 radical (unpaired) electrons. The van der Waals surface area contributed by atoms with Crippen LogP contribution >= 0.6 is 0 Å². The van der Waals surface area contributed by atoms with Gasteiger partial charge in [-0.25, -0.2) is 0 Å². The van der Waals surface area contributed by atoms with Crippen molar-refractivity contribution >= 4 is 5.91 Å². The number of aliphatic hydroxyl groups excluding tert-OH is 1. The third kappa shape index (κ3) is 4.89. The fraction of sp³-hybridized carbons (Fsp3) is 0.471. The third-order valence-corrected chi connectivity index (χ3v) is 3.43. The summed E-state index contributed by atoms with van der Waals surface area (Å²) in [4.78, 5) is 12.1. The second-order valence-corrected chi connectivity index (χ2v) is 5.23. The summed E-state index contributed by atoms with van der Waals surface area (Å²) < 4.78 is 5.53. The van der Waals surface area contributed by atoms with Crippen LogP contribution in [0.1, 0.15) is 40.7 Å². The lowest BCUT2D eigenvalue weighted by molar-refractivity contribution is 0.0907. The topological polar surface area (TPSA) is 58.6 Å². The molecule has 2 rings (SSSR count). The van der Waals surface area contributed by atoms with Crippen molar-refractivity contribution < 1.29 is 14.6 Å². The quantitative estimate of drug-likeness (QED) is 0.828. The summed E-state index contributed by atoms with van der Waals surface area (Å²) in [5.74, 6) is 5.33. The molecule has 2 N–H and O–H groups in total. The van der Waals surface area contributed by atoms with E-state index in [2.05, 4.69) is 17.2 Å². The van der Waals surface area contributed by atoms with Crippen LogP contribution < -0.4 is 5.32 Å². The van der Waals surface area contributed by atoms with Crippen LogP contribution in [0.3, 0.4) is 0 Å². The van der Waals surface area contributed by atoms with Crippen molar-refractivity contribution in [3.8, 4) is 11.8 Å². The monoisotopic (exact) mass is 287 g/mol. The Morgan fingerprint density at radius 3 is 3.05 bits per heavy atom. The smallest absolute Gasteiger partial charge is 0.251 e. The highest BCUT2D eigenvalue weighted by atomic mass is 16.5. The van der Waals surface area contributed by atoms with Crippen molar-refractivity contribution in [2.75, 3.05) is 19.8 Å². The summed E-state index contributed by atoms with van der Waals surface area (Å²) >= 11 is 0. The fourth-order valence-electron chi connectivity index (χ4n) is 2.45. The van der Waals surface area contributed by atoms with Gasteiger partial charge in [-0.05, 0) is 49.9 Å². The average molecular weight is 287 g/mol. The van der Waals surface area contributed by atoms with Gasteiger partial charge in [0.05, 0.1) is 6.10 Å². The zero-order valence-electron chi connectivity index (χ0n) is 12.3. The molecule has 4 nitrogen and oxygen atoms in total. The molecule has 1 unspecified atom stereocenters. The van der Waals surface area contributed by atoms with Crippen LogP contribution in [0.25, 0.3) is 0 Å². The Bertz CT molecular complexity index is 551. The summed E-state index contributed by atoms with van der Waals surface area (Å²) in [6, 6.07) is 5.48. The van der Waals surface area contributed by atoms with E-state index in [0.717, 1.165) is 37.0 Å². The van der Waals surface area contributed by atoms with Crippen LogP contribution in [0, 0.1) is 18.8 Å². The highest BCUT2D eigenvalue weighted by Crippen LogP contribution is 2.14. The highest BCUT2D eigenvalue weighted by molar-refractivity contribution is 5.94. The molecule has 0 spiro atoms. The maximum absolute atomic E-state index is 12.1. The van der Waals surface area contributed by atoms with Crippen molar-refractivity contribution in [2.45, 2.75) is 32.3 Å². The number of hydrogen-bond donors (Lipinski definition) is 2. The maximum atomic E-state index is 12.1. The Morgan fingerprint density at radius 1 is 1.48 bits per heavy atom. The summed E-state index contributed by atoms with van der Waals surface area (Å²) in [5.41, 5.74) is 2.32. The predicted octanol–water partition coefficient (Wildman–Crippen LogP) is 1.64. The van der Waals surface area contributed by atoms with Crippen LogP contribution in [-0.2, 0) is 4.74 Å². The molecule has 0 aromatic heterocycles. The number of rotatable bonds is 4. The van der Waals surface area contributed by atoms with Gasteiger partial charge in [-0.1, -0.05) is 11.8 Å². The average Bonchev–Trinajstić information content (AvgIpc) is 2.97. The van der Waals surface area contributed by atoms with Crippen LogP contribution in [-0.4, -0.2) is 36.9 Å². The van der Waals surface area contributed by atoms with Gasteiger partial charge in [0.15, 0.2) is 0 Å². The molecule has 1 aromatic carbocycles. The van der Waals surface area contributed by atoms with Gasteiger partial charge in [0.25, 0.3) is 5.91 Å². The van der Waals surface area contributed by atoms with Crippen molar-refractivity contribution in [2.24, 2.45) is 0 Å². The lowest BCUT2D eigenvalue weighted by Crippen LogP contribution is -2.27. The van der Waals surface area contributed by atoms with E-state index in [1.54, 1.807) is 6.07 Å². The molecule has 1 aliphatic rings. The van der Waals surface area contributed by atoms with Crippen LogP contribution in [0.2, 0.25) is 0 Å². The third-order valence-electron chi connectivity index (χ3n) is 3.43. The first-order valence-electron chi connectivity index (χ1n) is 7.30. The zero-order chi connectivity index (χ0) is 15.1. The molecule has 1 fully saturated rings. The number of amides is 1. The number of carbonyl (C=O) groups is 1. The van der Waals surface area contributed by atoms with E-state index in [-0.39, 0.29) is 18.6 Å². The van der Waals surface area contributed by atoms with Crippen LogP contribution in [0.4, 0.5) is 0 Å². The van der Waals surface area contributed by atoms with E-state index in [1.807, 2.05) is 19.1 Å². The van der Waals surface area contributed by atoms with Gasteiger partial charge in [-0.2, -0.15) is 0 Å². The fourth-order valence-corrected chi connectivity index (χ4v) is 2.45. The molecule has 1 atom stereocenters. The second kappa shape index (κ2) is 7.82. The Labute approximate surface area is 125 Å². The molecule has 1 aromatic rings. The molecule has 0 bridgehead atoms. The normalized spacial score (nSPS) is 17.1. The van der Waals surface area contributed by atoms with Gasteiger partial charge >= 0.3 is 0 Å². The number of aliphatic hydroxyl groups is 1. The molecule has 112 valence electrons. The number of aryl methyl sites for hydroxylation is 1. The Hall–Kier alpha value is -1.83. The van der Waals surface area contributed by atoms with Crippen molar-refractivity contribution in [1.29, 1.82) is 0 Å². The summed E-state index contributed by atoms with van der Waals surface area (Å²) in [6.45, 7) is 3.20. The summed E-state index contributed by atoms with van der Waals surface area (Å²) in [7, 11) is 0. The molecular formula is C17H21NO3. The molecule has 1 heterocycles. The molecule has 0 aliphatic carbocycles. The number of benzene rings is 1. The summed E-state index contributed by atoms with van der Waals surface area (Å²) in [6.07, 6.45) is 3.34. The molecule has 21 heavy (non-hydrogen) atoms. The number of hydrogen-bond acceptors (Lipinski definition) is 3. The van der Waals surface area contributed by atoms with Gasteiger partial charge in [-0.15, -0.1) is 0 Å². The van der Waals surface area contributed by atoms with Gasteiger partial charge < -0.3 is 15.2 Å². The SMILES string of the molecule is Cc1cc(C#CCO)cc(C(=O)NCCC2CCCO2)c1. The van der Waals surface area contributed by atoms with Gasteiger partial charge in [0.1, 0.15) is 6.61 Å². The summed E-state index contributed by atoms with van der Waals surface area (Å²) in [5, 5.41) is 11.7. The minimum Gasteiger partial charge on any atom is -0.384 e. The van der Waals surface area contributed by atoms with Crippen molar-refractivity contribution in [1.82, 2.24) is 5.32 Å². The van der Waals surface area contributed by atoms with Gasteiger partial charge in [0, 0.05) is 24.3 Å². The van der Waals surface area contributed by atoms with Crippen molar-refractivity contribution in [3.63, 3.8) is 0 Å². The lowest BCUT2D eigenvalue weighted by Gasteiger charge is -2.10. The largest absolute Gasteiger partial charge is 0.384 e.